The number of fused-ring (bicyclic) bond motifs is 1. The number of aliphatic carboxylic acids is 1. The van der Waals surface area contributed by atoms with Crippen LogP contribution in [0.4, 0.5) is 13.2 Å². The number of carboxylic acids is 1. The van der Waals surface area contributed by atoms with E-state index in [-0.39, 0.29) is 24.5 Å². The molecule has 2 aromatic carbocycles. The van der Waals surface area contributed by atoms with Gasteiger partial charge in [0.1, 0.15) is 17.5 Å². The molecule has 0 unspecified atom stereocenters. The summed E-state index contributed by atoms with van der Waals surface area (Å²) in [6.45, 7) is 0.772. The number of hydrogen-bond acceptors (Lipinski definition) is 9. The highest BCUT2D eigenvalue weighted by Gasteiger charge is 2.39. The van der Waals surface area contributed by atoms with Crippen LogP contribution in [0.3, 0.4) is 0 Å². The summed E-state index contributed by atoms with van der Waals surface area (Å²) in [5, 5.41) is 13.0. The lowest BCUT2D eigenvalue weighted by molar-refractivity contribution is -0.140. The normalized spacial score (nSPS) is 16.9. The molecule has 280 valence electrons. The number of likely N-dealkylation sites (N-methyl/N-ethyl adjacent to an activating group) is 1. The summed E-state index contributed by atoms with van der Waals surface area (Å²) in [5.74, 6) is -0.699. The van der Waals surface area contributed by atoms with Crippen molar-refractivity contribution in [2.45, 2.75) is 57.5 Å². The number of hydrogen-bond donors (Lipinski definition) is 2. The Balaban J connectivity index is 1.25. The van der Waals surface area contributed by atoms with E-state index in [1.807, 2.05) is 48.5 Å². The van der Waals surface area contributed by atoms with Crippen LogP contribution in [-0.4, -0.2) is 66.1 Å². The molecule has 0 aliphatic heterocycles. The third-order valence-electron chi connectivity index (χ3n) is 9.63. The van der Waals surface area contributed by atoms with E-state index >= 15 is 0 Å². The number of carbonyl (C=O) groups is 2. The fraction of sp³-hybridized carbons (Fsp3) is 0.385. The minimum Gasteiger partial charge on any atom is -0.481 e. The van der Waals surface area contributed by atoms with E-state index < -0.39 is 29.7 Å². The van der Waals surface area contributed by atoms with Gasteiger partial charge in [-0.3, -0.25) is 14.5 Å². The molecule has 0 bridgehead atoms. The maximum atomic E-state index is 14.4. The van der Waals surface area contributed by atoms with Gasteiger partial charge in [0.05, 0.1) is 31.5 Å². The quantitative estimate of drug-likeness (QED) is 0.134. The van der Waals surface area contributed by atoms with E-state index in [9.17, 15) is 22.8 Å². The first-order valence-corrected chi connectivity index (χ1v) is 17.6. The molecular formula is C39H40ClF3N4O6. The van der Waals surface area contributed by atoms with Gasteiger partial charge in [0.15, 0.2) is 0 Å². The van der Waals surface area contributed by atoms with Crippen molar-refractivity contribution in [2.24, 2.45) is 5.92 Å². The maximum Gasteiger partial charge on any atom is 0.421 e. The molecule has 14 heteroatoms. The fourth-order valence-corrected chi connectivity index (χ4v) is 7.48. The highest BCUT2D eigenvalue weighted by Crippen LogP contribution is 2.46. The van der Waals surface area contributed by atoms with E-state index in [0.717, 1.165) is 46.8 Å². The molecule has 2 aromatic heterocycles. The number of nitrogens with one attached hydrogen (secondary N) is 1. The number of pyridine rings is 2. The average molecular weight is 753 g/mol. The second-order valence-electron chi connectivity index (χ2n) is 13.4. The number of nitrogens with zero attached hydrogens (tertiary/aromatic N) is 3. The lowest BCUT2D eigenvalue weighted by Gasteiger charge is -2.22. The minimum atomic E-state index is -4.80. The summed E-state index contributed by atoms with van der Waals surface area (Å²) < 4.78 is 60.1. The lowest BCUT2D eigenvalue weighted by Crippen LogP contribution is -2.26. The number of carbonyl (C=O) groups excluding carboxylic acids is 1. The molecule has 0 radical (unpaired) electrons. The van der Waals surface area contributed by atoms with Crippen LogP contribution in [0.15, 0.2) is 54.6 Å². The van der Waals surface area contributed by atoms with Crippen molar-refractivity contribution in [1.29, 1.82) is 0 Å². The van der Waals surface area contributed by atoms with Gasteiger partial charge in [0, 0.05) is 48.2 Å². The largest absolute Gasteiger partial charge is 0.481 e. The molecule has 0 spiro atoms. The number of Topliss-reactive ketones (excluding diaryl/α,β-unsaturated/α-hetero) is 1. The van der Waals surface area contributed by atoms with Crippen molar-refractivity contribution < 1.29 is 42.1 Å². The number of methoxy groups -OCH3 is 2. The number of rotatable bonds is 14. The Labute approximate surface area is 310 Å². The Hall–Kier alpha value is -4.72. The highest BCUT2D eigenvalue weighted by atomic mass is 35.5. The number of carboxylic acid groups (broad SMARTS) is 1. The van der Waals surface area contributed by atoms with Crippen molar-refractivity contribution in [2.75, 3.05) is 34.4 Å². The third-order valence-corrected chi connectivity index (χ3v) is 10.0. The van der Waals surface area contributed by atoms with Crippen molar-refractivity contribution in [3.63, 3.8) is 0 Å². The first-order chi connectivity index (χ1) is 25.4. The van der Waals surface area contributed by atoms with E-state index in [1.54, 1.807) is 7.11 Å². The Kier molecular flexibility index (Phi) is 11.6. The van der Waals surface area contributed by atoms with Gasteiger partial charge in [-0.15, -0.1) is 0 Å². The van der Waals surface area contributed by atoms with E-state index in [0.29, 0.717) is 66.1 Å². The summed E-state index contributed by atoms with van der Waals surface area (Å²) in [4.78, 5) is 33.0. The second-order valence-corrected chi connectivity index (χ2v) is 13.8. The van der Waals surface area contributed by atoms with E-state index in [4.69, 9.17) is 35.9 Å². The lowest BCUT2D eigenvalue weighted by atomic mass is 9.94. The van der Waals surface area contributed by atoms with Crippen LogP contribution < -0.4 is 19.5 Å². The zero-order valence-corrected chi connectivity index (χ0v) is 30.3. The molecular weight excluding hydrogens is 713 g/mol. The summed E-state index contributed by atoms with van der Waals surface area (Å²) in [7, 11) is 4.33. The molecule has 1 saturated carbocycles. The van der Waals surface area contributed by atoms with Crippen molar-refractivity contribution in [1.82, 2.24) is 20.2 Å². The van der Waals surface area contributed by atoms with Gasteiger partial charge >= 0.3 is 12.1 Å². The minimum absolute atomic E-state index is 0.0797. The van der Waals surface area contributed by atoms with Crippen LogP contribution in [0.2, 0.25) is 5.02 Å². The van der Waals surface area contributed by atoms with E-state index in [2.05, 4.69) is 10.3 Å². The molecule has 10 nitrogen and oxygen atoms in total. The van der Waals surface area contributed by atoms with Crippen molar-refractivity contribution >= 4 is 23.4 Å². The molecule has 2 atom stereocenters. The average Bonchev–Trinajstić information content (AvgIpc) is 3.73. The molecule has 6 rings (SSSR count). The SMILES string of the molecule is COc1nc(-c2cccc(-c3cccc4c3CC[C@@H]4Oc3nc(OC)c(CN(C)CC(=O)O)cc3C(F)(F)F)c2Cl)ccc1CNC[C@@H]1CCC(=O)C1. The molecule has 2 aliphatic carbocycles. The van der Waals surface area contributed by atoms with Crippen LogP contribution >= 0.6 is 11.6 Å². The number of aromatic nitrogens is 2. The molecule has 2 aliphatic rings. The number of halogens is 4. The van der Waals surface area contributed by atoms with Crippen LogP contribution in [0.5, 0.6) is 17.6 Å². The third kappa shape index (κ3) is 8.58. The van der Waals surface area contributed by atoms with Gasteiger partial charge < -0.3 is 24.6 Å². The fourth-order valence-electron chi connectivity index (χ4n) is 7.15. The number of ketones is 1. The first-order valence-electron chi connectivity index (χ1n) is 17.3. The van der Waals surface area contributed by atoms with Crippen LogP contribution in [0.1, 0.15) is 59.6 Å². The number of benzene rings is 2. The van der Waals surface area contributed by atoms with Gasteiger partial charge in [-0.1, -0.05) is 54.1 Å². The Morgan fingerprint density at radius 3 is 2.38 bits per heavy atom. The van der Waals surface area contributed by atoms with Gasteiger partial charge in [-0.05, 0) is 67.6 Å². The van der Waals surface area contributed by atoms with E-state index in [1.165, 1.54) is 19.1 Å². The second kappa shape index (κ2) is 16.1. The number of ether oxygens (including phenoxy) is 3. The Morgan fingerprint density at radius 2 is 1.68 bits per heavy atom. The summed E-state index contributed by atoms with van der Waals surface area (Å²) in [6, 6.07) is 16.0. The van der Waals surface area contributed by atoms with Crippen molar-refractivity contribution in [3.8, 4) is 40.0 Å². The molecule has 53 heavy (non-hydrogen) atoms. The number of alkyl halides is 3. The van der Waals surface area contributed by atoms with Gasteiger partial charge in [-0.25, -0.2) is 4.98 Å². The summed E-state index contributed by atoms with van der Waals surface area (Å²) >= 11 is 7.10. The standard InChI is InChI=1S/C39H40ClF3N4O6/c1-47(21-34(49)50)20-24-17-31(39(41,42)43)38(46-37(24)52-3)53-33-15-13-27-26(6-4-7-28(27)33)29-8-5-9-30(35(29)40)32-14-11-23(36(45-32)51-2)19-44-18-22-10-12-25(48)16-22/h4-9,11,14,17,22,33,44H,10,12-13,15-16,18-21H2,1-3H3,(H,49,50)/t22-,33+/m1/s1. The Morgan fingerprint density at radius 1 is 0.962 bits per heavy atom. The predicted molar refractivity (Wildman–Crippen MR) is 192 cm³/mol. The molecule has 1 fully saturated rings. The molecule has 2 N–H and O–H groups in total. The highest BCUT2D eigenvalue weighted by molar-refractivity contribution is 6.36. The molecule has 4 aromatic rings. The maximum absolute atomic E-state index is 14.4. The van der Waals surface area contributed by atoms with Crippen LogP contribution in [0.25, 0.3) is 22.4 Å². The first kappa shape index (κ1) is 38.0. The zero-order chi connectivity index (χ0) is 37.9. The summed E-state index contributed by atoms with van der Waals surface area (Å²) in [5.41, 5.74) is 4.38. The topological polar surface area (TPSA) is 123 Å². The van der Waals surface area contributed by atoms with Crippen molar-refractivity contribution in [3.05, 3.63) is 87.4 Å². The molecule has 0 amide bonds. The predicted octanol–water partition coefficient (Wildman–Crippen LogP) is 7.54. The van der Waals surface area contributed by atoms with Gasteiger partial charge in [-0.2, -0.15) is 18.2 Å². The van der Waals surface area contributed by atoms with Crippen LogP contribution in [0, 0.1) is 5.92 Å². The summed E-state index contributed by atoms with van der Waals surface area (Å²) in [6.07, 6.45) is -2.43. The Bertz CT molecular complexity index is 2010. The van der Waals surface area contributed by atoms with Crippen LogP contribution in [-0.2, 0) is 35.3 Å². The zero-order valence-electron chi connectivity index (χ0n) is 29.6. The monoisotopic (exact) mass is 752 g/mol. The van der Waals surface area contributed by atoms with Gasteiger partial charge in [0.25, 0.3) is 0 Å². The smallest absolute Gasteiger partial charge is 0.421 e. The van der Waals surface area contributed by atoms with Gasteiger partial charge in [0.2, 0.25) is 17.6 Å². The molecule has 0 saturated heterocycles. The molecule has 2 heterocycles.